The molecule has 104 valence electrons. The Hall–Kier alpha value is -1.84. The number of hydrogen-bond acceptors (Lipinski definition) is 3. The summed E-state index contributed by atoms with van der Waals surface area (Å²) in [4.78, 5) is 0. The van der Waals surface area contributed by atoms with E-state index in [1.807, 2.05) is 42.5 Å². The van der Waals surface area contributed by atoms with Crippen molar-refractivity contribution in [1.82, 2.24) is 0 Å². The molecule has 0 fully saturated rings. The van der Waals surface area contributed by atoms with E-state index in [9.17, 15) is 5.11 Å². The summed E-state index contributed by atoms with van der Waals surface area (Å²) in [5.41, 5.74) is 3.19. The Balaban J connectivity index is 1.89. The summed E-state index contributed by atoms with van der Waals surface area (Å²) in [6, 6.07) is 15.6. The van der Waals surface area contributed by atoms with E-state index in [0.717, 1.165) is 23.3 Å². The van der Waals surface area contributed by atoms with Gasteiger partial charge in [-0.15, -0.1) is 0 Å². The van der Waals surface area contributed by atoms with Crippen LogP contribution in [0.2, 0.25) is 0 Å². The van der Waals surface area contributed by atoms with Gasteiger partial charge in [-0.05, 0) is 35.2 Å². The Bertz CT molecular complexity index is 577. The highest BCUT2D eigenvalue weighted by Crippen LogP contribution is 2.37. The van der Waals surface area contributed by atoms with E-state index >= 15 is 0 Å². The van der Waals surface area contributed by atoms with Crippen molar-refractivity contribution in [3.05, 3.63) is 65.2 Å². The molecule has 1 heterocycles. The SMILES string of the molecule is COc1ccc(C(O)C2OCCc3ccccc32)cc1. The van der Waals surface area contributed by atoms with Crippen molar-refractivity contribution >= 4 is 0 Å². The van der Waals surface area contributed by atoms with Crippen molar-refractivity contribution in [2.75, 3.05) is 13.7 Å². The van der Waals surface area contributed by atoms with Gasteiger partial charge < -0.3 is 14.6 Å². The predicted octanol–water partition coefficient (Wildman–Crippen LogP) is 3.04. The van der Waals surface area contributed by atoms with Crippen LogP contribution in [0.3, 0.4) is 0 Å². The van der Waals surface area contributed by atoms with Gasteiger partial charge in [0.1, 0.15) is 18.0 Å². The molecule has 0 amide bonds. The van der Waals surface area contributed by atoms with E-state index < -0.39 is 6.10 Å². The Kier molecular flexibility index (Phi) is 3.72. The number of benzene rings is 2. The van der Waals surface area contributed by atoms with Crippen LogP contribution in [-0.4, -0.2) is 18.8 Å². The van der Waals surface area contributed by atoms with Crippen molar-refractivity contribution in [1.29, 1.82) is 0 Å². The third kappa shape index (κ3) is 2.42. The van der Waals surface area contributed by atoms with E-state index in [-0.39, 0.29) is 6.10 Å². The van der Waals surface area contributed by atoms with Gasteiger partial charge >= 0.3 is 0 Å². The average molecular weight is 270 g/mol. The molecule has 0 aromatic heterocycles. The molecule has 2 aromatic rings. The maximum absolute atomic E-state index is 10.6. The van der Waals surface area contributed by atoms with Gasteiger partial charge in [-0.2, -0.15) is 0 Å². The van der Waals surface area contributed by atoms with Crippen LogP contribution in [0.15, 0.2) is 48.5 Å². The lowest BCUT2D eigenvalue weighted by molar-refractivity contribution is -0.0483. The third-order valence-electron chi connectivity index (χ3n) is 3.77. The minimum Gasteiger partial charge on any atom is -0.497 e. The van der Waals surface area contributed by atoms with Gasteiger partial charge in [0.05, 0.1) is 13.7 Å². The predicted molar refractivity (Wildman–Crippen MR) is 76.8 cm³/mol. The third-order valence-corrected chi connectivity index (χ3v) is 3.77. The number of rotatable bonds is 3. The molecule has 0 bridgehead atoms. The molecule has 3 heteroatoms. The van der Waals surface area contributed by atoms with Crippen LogP contribution < -0.4 is 4.74 Å². The van der Waals surface area contributed by atoms with Gasteiger partial charge in [-0.25, -0.2) is 0 Å². The van der Waals surface area contributed by atoms with Gasteiger partial charge in [-0.1, -0.05) is 36.4 Å². The number of methoxy groups -OCH3 is 1. The number of hydrogen-bond donors (Lipinski definition) is 1. The Labute approximate surface area is 118 Å². The lowest BCUT2D eigenvalue weighted by Crippen LogP contribution is -2.22. The maximum Gasteiger partial charge on any atom is 0.118 e. The van der Waals surface area contributed by atoms with Crippen molar-refractivity contribution < 1.29 is 14.6 Å². The maximum atomic E-state index is 10.6. The Morgan fingerprint density at radius 3 is 2.65 bits per heavy atom. The Morgan fingerprint density at radius 2 is 1.90 bits per heavy atom. The molecule has 1 aliphatic heterocycles. The second kappa shape index (κ2) is 5.65. The molecule has 0 spiro atoms. The molecule has 1 N–H and O–H groups in total. The fourth-order valence-electron chi connectivity index (χ4n) is 2.66. The van der Waals surface area contributed by atoms with Crippen LogP contribution in [-0.2, 0) is 11.2 Å². The topological polar surface area (TPSA) is 38.7 Å². The van der Waals surface area contributed by atoms with Crippen LogP contribution in [0.1, 0.15) is 28.9 Å². The summed E-state index contributed by atoms with van der Waals surface area (Å²) >= 11 is 0. The van der Waals surface area contributed by atoms with Crippen molar-refractivity contribution in [2.45, 2.75) is 18.6 Å². The summed E-state index contributed by atoms with van der Waals surface area (Å²) in [6.07, 6.45) is -0.0575. The highest BCUT2D eigenvalue weighted by Gasteiger charge is 2.28. The number of aliphatic hydroxyl groups is 1. The van der Waals surface area contributed by atoms with E-state index in [1.54, 1.807) is 7.11 Å². The molecule has 0 aliphatic carbocycles. The second-order valence-electron chi connectivity index (χ2n) is 4.96. The lowest BCUT2D eigenvalue weighted by atomic mass is 9.91. The van der Waals surface area contributed by atoms with Crippen LogP contribution in [0.25, 0.3) is 0 Å². The van der Waals surface area contributed by atoms with Crippen LogP contribution in [0.4, 0.5) is 0 Å². The molecule has 1 aliphatic rings. The molecule has 2 unspecified atom stereocenters. The summed E-state index contributed by atoms with van der Waals surface area (Å²) in [7, 11) is 1.63. The molecular weight excluding hydrogens is 252 g/mol. The van der Waals surface area contributed by atoms with Crippen LogP contribution in [0.5, 0.6) is 5.75 Å². The molecule has 3 rings (SSSR count). The largest absolute Gasteiger partial charge is 0.497 e. The first kappa shape index (κ1) is 13.2. The highest BCUT2D eigenvalue weighted by molar-refractivity contribution is 5.35. The monoisotopic (exact) mass is 270 g/mol. The van der Waals surface area contributed by atoms with Gasteiger partial charge in [-0.3, -0.25) is 0 Å². The zero-order valence-electron chi connectivity index (χ0n) is 11.5. The van der Waals surface area contributed by atoms with Gasteiger partial charge in [0.15, 0.2) is 0 Å². The van der Waals surface area contributed by atoms with Gasteiger partial charge in [0, 0.05) is 0 Å². The first-order valence-electron chi connectivity index (χ1n) is 6.81. The van der Waals surface area contributed by atoms with Crippen molar-refractivity contribution in [3.63, 3.8) is 0 Å². The first-order chi connectivity index (χ1) is 9.79. The normalized spacial score (nSPS) is 19.2. The van der Waals surface area contributed by atoms with Crippen molar-refractivity contribution in [2.24, 2.45) is 0 Å². The first-order valence-corrected chi connectivity index (χ1v) is 6.81. The van der Waals surface area contributed by atoms with E-state index in [0.29, 0.717) is 6.61 Å². The zero-order valence-corrected chi connectivity index (χ0v) is 11.5. The zero-order chi connectivity index (χ0) is 13.9. The number of ether oxygens (including phenoxy) is 2. The summed E-state index contributed by atoms with van der Waals surface area (Å²) in [5, 5.41) is 10.6. The fourth-order valence-corrected chi connectivity index (χ4v) is 2.66. The minimum atomic E-state index is -0.664. The molecule has 0 saturated heterocycles. The highest BCUT2D eigenvalue weighted by atomic mass is 16.5. The smallest absolute Gasteiger partial charge is 0.118 e. The van der Waals surface area contributed by atoms with Crippen LogP contribution >= 0.6 is 0 Å². The second-order valence-corrected chi connectivity index (χ2v) is 4.96. The summed E-state index contributed by atoms with van der Waals surface area (Å²) in [6.45, 7) is 0.648. The number of fused-ring (bicyclic) bond motifs is 1. The molecule has 0 saturated carbocycles. The summed E-state index contributed by atoms with van der Waals surface area (Å²) in [5.74, 6) is 0.783. The summed E-state index contributed by atoms with van der Waals surface area (Å²) < 4.78 is 10.9. The van der Waals surface area contributed by atoms with Gasteiger partial charge in [0.2, 0.25) is 0 Å². The quantitative estimate of drug-likeness (QED) is 0.931. The van der Waals surface area contributed by atoms with Crippen molar-refractivity contribution in [3.8, 4) is 5.75 Å². The van der Waals surface area contributed by atoms with E-state index in [4.69, 9.17) is 9.47 Å². The fraction of sp³-hybridized carbons (Fsp3) is 0.294. The standard InChI is InChI=1S/C17H18O3/c1-19-14-8-6-13(7-9-14)16(18)17-15-5-3-2-4-12(15)10-11-20-17/h2-9,16-18H,10-11H2,1H3. The van der Waals surface area contributed by atoms with E-state index in [1.165, 1.54) is 5.56 Å². The minimum absolute atomic E-state index is 0.298. The van der Waals surface area contributed by atoms with E-state index in [2.05, 4.69) is 6.07 Å². The Morgan fingerprint density at radius 1 is 1.15 bits per heavy atom. The molecule has 20 heavy (non-hydrogen) atoms. The molecule has 2 aromatic carbocycles. The lowest BCUT2D eigenvalue weighted by Gasteiger charge is -2.30. The number of aliphatic hydroxyl groups excluding tert-OH is 1. The molecular formula is C17H18O3. The molecule has 2 atom stereocenters. The van der Waals surface area contributed by atoms with Gasteiger partial charge in [0.25, 0.3) is 0 Å². The molecule has 3 nitrogen and oxygen atoms in total. The van der Waals surface area contributed by atoms with Crippen LogP contribution in [0, 0.1) is 0 Å². The average Bonchev–Trinajstić information content (AvgIpc) is 2.54. The molecule has 0 radical (unpaired) electrons.